The summed E-state index contributed by atoms with van der Waals surface area (Å²) in [6.07, 6.45) is 1.15. The third-order valence-electron chi connectivity index (χ3n) is 3.37. The maximum absolute atomic E-state index is 5.74. The number of nitrogens with two attached hydrogens (primary N) is 1. The fourth-order valence-corrected chi connectivity index (χ4v) is 1.81. The second kappa shape index (κ2) is 4.65. The van der Waals surface area contributed by atoms with Gasteiger partial charge in [0, 0.05) is 11.7 Å². The van der Waals surface area contributed by atoms with Crippen LogP contribution < -0.4 is 11.1 Å². The highest BCUT2D eigenvalue weighted by atomic mass is 15.1. The number of H-pyrrole nitrogens is 1. The van der Waals surface area contributed by atoms with Crippen molar-refractivity contribution in [2.45, 2.75) is 33.2 Å². The first kappa shape index (κ1) is 11.8. The molecule has 0 spiro atoms. The number of hydrogen-bond acceptors (Lipinski definition) is 3. The van der Waals surface area contributed by atoms with Crippen molar-refractivity contribution in [3.8, 4) is 0 Å². The van der Waals surface area contributed by atoms with Gasteiger partial charge < -0.3 is 16.0 Å². The van der Waals surface area contributed by atoms with Crippen molar-refractivity contribution in [1.29, 1.82) is 0 Å². The minimum atomic E-state index is 0.401. The lowest BCUT2D eigenvalue weighted by atomic mass is 10.0. The molecule has 2 unspecified atom stereocenters. The van der Waals surface area contributed by atoms with E-state index in [0.717, 1.165) is 29.1 Å². The van der Waals surface area contributed by atoms with Gasteiger partial charge in [0.2, 0.25) is 5.95 Å². The molecule has 4 nitrogen and oxygen atoms in total. The molecule has 2 rings (SSSR count). The van der Waals surface area contributed by atoms with E-state index in [0.29, 0.717) is 12.0 Å². The molecule has 0 aliphatic carbocycles. The predicted molar refractivity (Wildman–Crippen MR) is 73.0 cm³/mol. The fraction of sp³-hybridized carbons (Fsp3) is 0.462. The van der Waals surface area contributed by atoms with Crippen LogP contribution in [-0.2, 0) is 0 Å². The predicted octanol–water partition coefficient (Wildman–Crippen LogP) is 2.99. The smallest absolute Gasteiger partial charge is 0.201 e. The molecule has 4 N–H and O–H groups in total. The van der Waals surface area contributed by atoms with Crippen LogP contribution in [0, 0.1) is 5.92 Å². The van der Waals surface area contributed by atoms with E-state index in [1.807, 2.05) is 18.2 Å². The molecule has 0 aliphatic rings. The zero-order valence-corrected chi connectivity index (χ0v) is 10.6. The fourth-order valence-electron chi connectivity index (χ4n) is 1.81. The number of benzene rings is 1. The Bertz CT molecular complexity index is 503. The van der Waals surface area contributed by atoms with E-state index in [-0.39, 0.29) is 0 Å². The van der Waals surface area contributed by atoms with Gasteiger partial charge in [0.05, 0.1) is 11.0 Å². The van der Waals surface area contributed by atoms with Gasteiger partial charge in [0.25, 0.3) is 0 Å². The molecule has 4 heteroatoms. The zero-order chi connectivity index (χ0) is 12.4. The molecule has 2 atom stereocenters. The van der Waals surface area contributed by atoms with Crippen molar-refractivity contribution in [1.82, 2.24) is 9.97 Å². The first-order valence-electron chi connectivity index (χ1n) is 6.12. The second-order valence-electron chi connectivity index (χ2n) is 4.68. The highest BCUT2D eigenvalue weighted by molar-refractivity contribution is 5.80. The van der Waals surface area contributed by atoms with Gasteiger partial charge in [-0.25, -0.2) is 4.98 Å². The van der Waals surface area contributed by atoms with Crippen molar-refractivity contribution in [2.24, 2.45) is 5.92 Å². The molecule has 0 saturated heterocycles. The SMILES string of the molecule is CCC(C)C(C)Nc1nc2ccc(N)cc2[nH]1. The van der Waals surface area contributed by atoms with Crippen molar-refractivity contribution >= 4 is 22.7 Å². The topological polar surface area (TPSA) is 66.7 Å². The molecule has 1 aromatic heterocycles. The van der Waals surface area contributed by atoms with Gasteiger partial charge in [-0.2, -0.15) is 0 Å². The van der Waals surface area contributed by atoms with Gasteiger partial charge in [-0.15, -0.1) is 0 Å². The van der Waals surface area contributed by atoms with Crippen LogP contribution in [0.2, 0.25) is 0 Å². The molecule has 1 aromatic carbocycles. The van der Waals surface area contributed by atoms with E-state index in [9.17, 15) is 0 Å². The molecule has 0 bridgehead atoms. The van der Waals surface area contributed by atoms with Gasteiger partial charge in [-0.1, -0.05) is 20.3 Å². The van der Waals surface area contributed by atoms with Crippen molar-refractivity contribution in [2.75, 3.05) is 11.1 Å². The van der Waals surface area contributed by atoms with Gasteiger partial charge in [0.15, 0.2) is 0 Å². The molecule has 17 heavy (non-hydrogen) atoms. The number of anilines is 2. The first-order chi connectivity index (χ1) is 8.10. The van der Waals surface area contributed by atoms with Crippen LogP contribution in [0.25, 0.3) is 11.0 Å². The summed E-state index contributed by atoms with van der Waals surface area (Å²) in [7, 11) is 0. The highest BCUT2D eigenvalue weighted by Gasteiger charge is 2.11. The summed E-state index contributed by atoms with van der Waals surface area (Å²) in [6, 6.07) is 6.10. The molecule has 0 saturated carbocycles. The maximum atomic E-state index is 5.74. The number of nitrogens with zero attached hydrogens (tertiary/aromatic N) is 1. The third-order valence-corrected chi connectivity index (χ3v) is 3.37. The minimum Gasteiger partial charge on any atom is -0.399 e. The molecule has 92 valence electrons. The Morgan fingerprint density at radius 2 is 2.18 bits per heavy atom. The zero-order valence-electron chi connectivity index (χ0n) is 10.6. The summed E-state index contributed by atoms with van der Waals surface area (Å²) in [5, 5.41) is 3.39. The molecule has 1 heterocycles. The summed E-state index contributed by atoms with van der Waals surface area (Å²) in [6.45, 7) is 6.61. The number of nitrogen functional groups attached to an aromatic ring is 1. The summed E-state index contributed by atoms with van der Waals surface area (Å²) < 4.78 is 0. The monoisotopic (exact) mass is 232 g/mol. The average Bonchev–Trinajstić information content (AvgIpc) is 2.69. The van der Waals surface area contributed by atoms with Crippen LogP contribution in [-0.4, -0.2) is 16.0 Å². The van der Waals surface area contributed by atoms with Gasteiger partial charge in [-0.3, -0.25) is 0 Å². The Balaban J connectivity index is 2.19. The number of fused-ring (bicyclic) bond motifs is 1. The maximum Gasteiger partial charge on any atom is 0.201 e. The van der Waals surface area contributed by atoms with Crippen molar-refractivity contribution in [3.63, 3.8) is 0 Å². The number of aromatic nitrogens is 2. The number of rotatable bonds is 4. The van der Waals surface area contributed by atoms with Crippen LogP contribution in [0.1, 0.15) is 27.2 Å². The minimum absolute atomic E-state index is 0.401. The Labute approximate surface area is 102 Å². The molecule has 2 aromatic rings. The summed E-state index contributed by atoms with van der Waals surface area (Å²) in [4.78, 5) is 7.73. The quantitative estimate of drug-likeness (QED) is 0.710. The van der Waals surface area contributed by atoms with E-state index in [4.69, 9.17) is 5.73 Å². The van der Waals surface area contributed by atoms with E-state index in [2.05, 4.69) is 36.1 Å². The molecule has 0 radical (unpaired) electrons. The lowest BCUT2D eigenvalue weighted by Crippen LogP contribution is -2.23. The lowest BCUT2D eigenvalue weighted by molar-refractivity contribution is 0.493. The molecular weight excluding hydrogens is 212 g/mol. The van der Waals surface area contributed by atoms with Crippen LogP contribution >= 0.6 is 0 Å². The van der Waals surface area contributed by atoms with Crippen molar-refractivity contribution < 1.29 is 0 Å². The summed E-state index contributed by atoms with van der Waals surface area (Å²) >= 11 is 0. The number of nitrogens with one attached hydrogen (secondary N) is 2. The van der Waals surface area contributed by atoms with Gasteiger partial charge >= 0.3 is 0 Å². The average molecular weight is 232 g/mol. The standard InChI is InChI=1S/C13H20N4/c1-4-8(2)9(3)15-13-16-11-6-5-10(14)7-12(11)17-13/h5-9H,4,14H2,1-3H3,(H2,15,16,17). The first-order valence-corrected chi connectivity index (χ1v) is 6.12. The van der Waals surface area contributed by atoms with Crippen molar-refractivity contribution in [3.05, 3.63) is 18.2 Å². The highest BCUT2D eigenvalue weighted by Crippen LogP contribution is 2.19. The molecule has 0 fully saturated rings. The van der Waals surface area contributed by atoms with Gasteiger partial charge in [-0.05, 0) is 31.0 Å². The van der Waals surface area contributed by atoms with Crippen LogP contribution in [0.3, 0.4) is 0 Å². The number of imidazole rings is 1. The summed E-state index contributed by atoms with van der Waals surface area (Å²) in [5.74, 6) is 1.44. The van der Waals surface area contributed by atoms with Crippen LogP contribution in [0.4, 0.5) is 11.6 Å². The largest absolute Gasteiger partial charge is 0.399 e. The van der Waals surface area contributed by atoms with E-state index < -0.39 is 0 Å². The molecule has 0 amide bonds. The summed E-state index contributed by atoms with van der Waals surface area (Å²) in [5.41, 5.74) is 8.41. The van der Waals surface area contributed by atoms with E-state index in [1.54, 1.807) is 0 Å². The number of hydrogen-bond donors (Lipinski definition) is 3. The Hall–Kier alpha value is -1.71. The van der Waals surface area contributed by atoms with E-state index in [1.165, 1.54) is 0 Å². The van der Waals surface area contributed by atoms with Crippen LogP contribution in [0.15, 0.2) is 18.2 Å². The Morgan fingerprint density at radius 1 is 1.41 bits per heavy atom. The number of aromatic amines is 1. The molecule has 0 aliphatic heterocycles. The van der Waals surface area contributed by atoms with Crippen LogP contribution in [0.5, 0.6) is 0 Å². The third kappa shape index (κ3) is 2.52. The lowest BCUT2D eigenvalue weighted by Gasteiger charge is -2.19. The van der Waals surface area contributed by atoms with Gasteiger partial charge in [0.1, 0.15) is 0 Å². The Morgan fingerprint density at radius 3 is 2.88 bits per heavy atom. The van der Waals surface area contributed by atoms with E-state index >= 15 is 0 Å². The normalized spacial score (nSPS) is 14.8. The second-order valence-corrected chi connectivity index (χ2v) is 4.68. The molecular formula is C13H20N4. The Kier molecular flexibility index (Phi) is 3.22.